The summed E-state index contributed by atoms with van der Waals surface area (Å²) in [7, 11) is 8.66. The van der Waals surface area contributed by atoms with Crippen LogP contribution in [0.2, 0.25) is 0 Å². The molecule has 0 radical (unpaired) electrons. The summed E-state index contributed by atoms with van der Waals surface area (Å²) >= 11 is 4.21. The minimum atomic E-state index is -2.30. The van der Waals surface area contributed by atoms with Crippen molar-refractivity contribution in [3.8, 4) is 0 Å². The van der Waals surface area contributed by atoms with Crippen LogP contribution in [0.3, 0.4) is 0 Å². The molecule has 0 aliphatic rings. The van der Waals surface area contributed by atoms with Crippen molar-refractivity contribution in [2.75, 3.05) is 0 Å². The zero-order valence-corrected chi connectivity index (χ0v) is 10.7. The normalized spacial score (nSPS) is 12.0. The summed E-state index contributed by atoms with van der Waals surface area (Å²) in [5, 5.41) is 0. The van der Waals surface area contributed by atoms with Crippen LogP contribution in [-0.2, 0) is 0 Å². The van der Waals surface area contributed by atoms with Gasteiger partial charge in [0.2, 0.25) is 0 Å². The van der Waals surface area contributed by atoms with Crippen LogP contribution in [0.4, 0.5) is 0 Å². The molecule has 0 aromatic rings. The van der Waals surface area contributed by atoms with E-state index >= 15 is 0 Å². The summed E-state index contributed by atoms with van der Waals surface area (Å²) in [5.41, 5.74) is 0. The van der Waals surface area contributed by atoms with Gasteiger partial charge < -0.3 is 0 Å². The monoisotopic (exact) mass is 444 g/mol. The van der Waals surface area contributed by atoms with Gasteiger partial charge in [-0.25, -0.2) is 0 Å². The number of halogens is 4. The second-order valence-corrected chi connectivity index (χ2v) is 64.4. The van der Waals surface area contributed by atoms with E-state index in [9.17, 15) is 0 Å². The standard InChI is InChI=1S/2ClH.2HI.Sn/h4*1H;/q;;;;+4/p-4. The molecule has 0 unspecified atom stereocenters. The fourth-order valence-electron chi connectivity index (χ4n) is 0. The van der Waals surface area contributed by atoms with Crippen LogP contribution in [-0.4, -0.2) is 8.19 Å². The summed E-state index contributed by atoms with van der Waals surface area (Å²) in [6, 6.07) is 0. The van der Waals surface area contributed by atoms with Gasteiger partial charge in [0.25, 0.3) is 0 Å². The van der Waals surface area contributed by atoms with Crippen LogP contribution in [0.5, 0.6) is 0 Å². The molecule has 0 saturated heterocycles. The van der Waals surface area contributed by atoms with Crippen molar-refractivity contribution in [3.63, 3.8) is 0 Å². The molecule has 0 aromatic heterocycles. The third-order valence-electron chi connectivity index (χ3n) is 0. The first kappa shape index (κ1) is 7.84. The minimum absolute atomic E-state index is 2.11. The fraction of sp³-hybridized carbons (Fsp3) is 0. The van der Waals surface area contributed by atoms with Gasteiger partial charge in [0.15, 0.2) is 0 Å². The van der Waals surface area contributed by atoms with E-state index in [2.05, 4.69) is 37.3 Å². The van der Waals surface area contributed by atoms with Crippen molar-refractivity contribution < 1.29 is 0 Å². The van der Waals surface area contributed by atoms with Crippen LogP contribution >= 0.6 is 55.1 Å². The molecule has 0 nitrogen and oxygen atoms in total. The second kappa shape index (κ2) is 2.98. The molecule has 5 heteroatoms. The van der Waals surface area contributed by atoms with E-state index in [1.807, 2.05) is 0 Å². The van der Waals surface area contributed by atoms with E-state index in [1.54, 1.807) is 0 Å². The predicted molar refractivity (Wildman–Crippen MR) is 45.5 cm³/mol. The van der Waals surface area contributed by atoms with Gasteiger partial charge in [-0.3, -0.25) is 0 Å². The van der Waals surface area contributed by atoms with Crippen molar-refractivity contribution in [2.45, 2.75) is 0 Å². The van der Waals surface area contributed by atoms with Gasteiger partial charge in [0.05, 0.1) is 0 Å². The van der Waals surface area contributed by atoms with Gasteiger partial charge in [0, 0.05) is 0 Å². The Labute approximate surface area is 61.7 Å². The fourth-order valence-corrected chi connectivity index (χ4v) is 0. The first-order chi connectivity index (χ1) is 2.00. The molecule has 0 aromatic carbocycles. The number of rotatable bonds is 0. The first-order valence-electron chi connectivity index (χ1n) is 0.756. The molecule has 5 heavy (non-hydrogen) atoms. The van der Waals surface area contributed by atoms with Gasteiger partial charge in [-0.2, -0.15) is 0 Å². The Morgan fingerprint density at radius 1 is 1.20 bits per heavy atom. The topological polar surface area (TPSA) is 0 Å². The SMILES string of the molecule is [Cl][Sn]([Cl])([I])[I]. The molecule has 32 valence electrons. The molecular weight excluding hydrogens is 443 g/mol. The summed E-state index contributed by atoms with van der Waals surface area (Å²) in [5.74, 6) is 0. The zero-order valence-electron chi connectivity index (χ0n) is 2.01. The molecule has 0 aliphatic carbocycles. The molecule has 0 atom stereocenters. The molecule has 0 amide bonds. The van der Waals surface area contributed by atoms with Crippen molar-refractivity contribution in [2.24, 2.45) is 0 Å². The predicted octanol–water partition coefficient (Wildman–Crippen LogP) is 2.77. The van der Waals surface area contributed by atoms with Gasteiger partial charge >= 0.3 is 63.3 Å². The van der Waals surface area contributed by atoms with Gasteiger partial charge in [-0.05, 0) is 0 Å². The van der Waals surface area contributed by atoms with Crippen molar-refractivity contribution in [1.82, 2.24) is 0 Å². The van der Waals surface area contributed by atoms with Crippen molar-refractivity contribution in [3.05, 3.63) is 0 Å². The van der Waals surface area contributed by atoms with E-state index in [4.69, 9.17) is 17.8 Å². The number of hydrogen-bond acceptors (Lipinski definition) is 0. The Kier molecular flexibility index (Phi) is 4.68. The van der Waals surface area contributed by atoms with Crippen LogP contribution in [0.15, 0.2) is 0 Å². The molecule has 0 spiro atoms. The summed E-state index contributed by atoms with van der Waals surface area (Å²) < 4.78 is 0. The van der Waals surface area contributed by atoms with Crippen LogP contribution in [0.1, 0.15) is 0 Å². The molecule has 0 fully saturated rings. The number of hydrogen-bond donors (Lipinski definition) is 0. The molecule has 0 heterocycles. The third-order valence-corrected chi connectivity index (χ3v) is 0. The van der Waals surface area contributed by atoms with Gasteiger partial charge in [-0.15, -0.1) is 0 Å². The van der Waals surface area contributed by atoms with Gasteiger partial charge in [0.1, 0.15) is 0 Å². The average Bonchev–Trinajstić information content (AvgIpc) is 0.722. The first-order valence-corrected chi connectivity index (χ1v) is 24.6. The average molecular weight is 443 g/mol. The molecular formula is Cl2I2Sn. The Morgan fingerprint density at radius 3 is 1.20 bits per heavy atom. The van der Waals surface area contributed by atoms with E-state index in [-0.39, 0.29) is 0 Å². The molecule has 0 saturated carbocycles. The second-order valence-electron chi connectivity index (χ2n) is 0.429. The Morgan fingerprint density at radius 2 is 1.20 bits per heavy atom. The summed E-state index contributed by atoms with van der Waals surface area (Å²) in [6.45, 7) is 0. The van der Waals surface area contributed by atoms with E-state index in [1.165, 1.54) is 0 Å². The quantitative estimate of drug-likeness (QED) is 0.399. The summed E-state index contributed by atoms with van der Waals surface area (Å²) in [6.07, 6.45) is 0. The Hall–Kier alpha value is 2.84. The van der Waals surface area contributed by atoms with E-state index in [0.717, 1.165) is 0 Å². The summed E-state index contributed by atoms with van der Waals surface area (Å²) in [4.78, 5) is 0. The van der Waals surface area contributed by atoms with Crippen LogP contribution < -0.4 is 0 Å². The van der Waals surface area contributed by atoms with E-state index < -0.39 is 8.19 Å². The molecule has 0 N–H and O–H groups in total. The van der Waals surface area contributed by atoms with Crippen molar-refractivity contribution >= 4 is 63.3 Å². The van der Waals surface area contributed by atoms with Gasteiger partial charge in [-0.1, -0.05) is 0 Å². The Bertz CT molecular complexity index is 23.1. The maximum atomic E-state index is 5.48. The van der Waals surface area contributed by atoms with Crippen LogP contribution in [0, 0.1) is 0 Å². The Balaban J connectivity index is 3.02. The molecule has 0 bridgehead atoms. The zero-order chi connectivity index (χ0) is 4.50. The maximum absolute atomic E-state index is 5.48. The van der Waals surface area contributed by atoms with Crippen LogP contribution in [0.25, 0.3) is 0 Å². The van der Waals surface area contributed by atoms with E-state index in [0.29, 0.717) is 0 Å². The third kappa shape index (κ3) is 19.9. The van der Waals surface area contributed by atoms with Crippen molar-refractivity contribution in [1.29, 1.82) is 0 Å². The molecule has 0 rings (SSSR count). The molecule has 0 aliphatic heterocycles.